The summed E-state index contributed by atoms with van der Waals surface area (Å²) in [6.07, 6.45) is 15.1. The molecule has 0 radical (unpaired) electrons. The Morgan fingerprint density at radius 3 is 2.55 bits per heavy atom. The lowest BCUT2D eigenvalue weighted by Crippen LogP contribution is -2.29. The van der Waals surface area contributed by atoms with Crippen molar-refractivity contribution in [3.8, 4) is 5.75 Å². The molecule has 7 nitrogen and oxygen atoms in total. The summed E-state index contributed by atoms with van der Waals surface area (Å²) < 4.78 is 5.25. The lowest BCUT2D eigenvalue weighted by atomic mass is 9.84. The van der Waals surface area contributed by atoms with E-state index >= 15 is 0 Å². The van der Waals surface area contributed by atoms with E-state index in [4.69, 9.17) is 9.72 Å². The number of pyridine rings is 1. The maximum atomic E-state index is 9.82. The standard InChI is InChI=1S/C22H31N5O2/c1-29-19-11-17(12-23-13-19)26-22-24-14-20(15-5-3-2-4-6-15)21(27-22)25-16-7-9-18(28)10-8-16/h11-16,18,28H,2-10H2,1H3,(H2,24,25,26,27). The Kier molecular flexibility index (Phi) is 6.44. The van der Waals surface area contributed by atoms with Crippen molar-refractivity contribution in [1.29, 1.82) is 0 Å². The third kappa shape index (κ3) is 5.15. The van der Waals surface area contributed by atoms with E-state index in [1.54, 1.807) is 19.5 Å². The van der Waals surface area contributed by atoms with Crippen LogP contribution in [0.4, 0.5) is 17.5 Å². The fourth-order valence-corrected chi connectivity index (χ4v) is 4.42. The maximum absolute atomic E-state index is 9.82. The number of methoxy groups -OCH3 is 1. The number of ether oxygens (including phenoxy) is 1. The van der Waals surface area contributed by atoms with Gasteiger partial charge in [-0.25, -0.2) is 4.98 Å². The maximum Gasteiger partial charge on any atom is 0.229 e. The van der Waals surface area contributed by atoms with Crippen molar-refractivity contribution in [2.24, 2.45) is 0 Å². The Morgan fingerprint density at radius 1 is 1.00 bits per heavy atom. The van der Waals surface area contributed by atoms with Crippen LogP contribution in [0.15, 0.2) is 24.7 Å². The molecular weight excluding hydrogens is 366 g/mol. The van der Waals surface area contributed by atoms with Gasteiger partial charge < -0.3 is 20.5 Å². The van der Waals surface area contributed by atoms with E-state index in [0.717, 1.165) is 37.2 Å². The van der Waals surface area contributed by atoms with E-state index in [0.29, 0.717) is 23.7 Å². The highest BCUT2D eigenvalue weighted by Gasteiger charge is 2.24. The number of aliphatic hydroxyl groups excluding tert-OH is 1. The number of aliphatic hydroxyl groups is 1. The Bertz CT molecular complexity index is 802. The van der Waals surface area contributed by atoms with Crippen molar-refractivity contribution in [2.45, 2.75) is 75.9 Å². The SMILES string of the molecule is COc1cncc(Nc2ncc(C3CCCCC3)c(NC3CCC(O)CC3)n2)c1. The molecule has 0 bridgehead atoms. The summed E-state index contributed by atoms with van der Waals surface area (Å²) in [7, 11) is 1.62. The molecule has 2 aromatic rings. The number of nitrogens with one attached hydrogen (secondary N) is 2. The summed E-state index contributed by atoms with van der Waals surface area (Å²) in [5.74, 6) is 2.70. The number of anilines is 3. The van der Waals surface area contributed by atoms with Crippen LogP contribution in [0, 0.1) is 0 Å². The van der Waals surface area contributed by atoms with Crippen molar-refractivity contribution >= 4 is 17.5 Å². The molecule has 2 aliphatic carbocycles. The molecule has 0 aliphatic heterocycles. The highest BCUT2D eigenvalue weighted by molar-refractivity contribution is 5.57. The van der Waals surface area contributed by atoms with Crippen molar-refractivity contribution in [3.05, 3.63) is 30.2 Å². The molecule has 2 saturated carbocycles. The molecule has 29 heavy (non-hydrogen) atoms. The first-order valence-electron chi connectivity index (χ1n) is 10.8. The first-order valence-corrected chi connectivity index (χ1v) is 10.8. The summed E-state index contributed by atoms with van der Waals surface area (Å²) in [4.78, 5) is 13.6. The van der Waals surface area contributed by atoms with Gasteiger partial charge in [-0.3, -0.25) is 4.98 Å². The van der Waals surface area contributed by atoms with E-state index in [1.807, 2.05) is 12.3 Å². The second kappa shape index (κ2) is 9.39. The second-order valence-electron chi connectivity index (χ2n) is 8.22. The molecule has 0 spiro atoms. The number of hydrogen-bond acceptors (Lipinski definition) is 7. The molecule has 2 heterocycles. The molecule has 156 valence electrons. The first-order chi connectivity index (χ1) is 14.2. The van der Waals surface area contributed by atoms with Crippen LogP contribution in [0.1, 0.15) is 69.3 Å². The molecule has 0 unspecified atom stereocenters. The molecule has 0 atom stereocenters. The molecule has 0 saturated heterocycles. The van der Waals surface area contributed by atoms with Crippen LogP contribution in [-0.4, -0.2) is 39.3 Å². The Labute approximate surface area is 172 Å². The molecule has 3 N–H and O–H groups in total. The number of hydrogen-bond donors (Lipinski definition) is 3. The van der Waals surface area contributed by atoms with Crippen LogP contribution in [0.3, 0.4) is 0 Å². The van der Waals surface area contributed by atoms with Crippen molar-refractivity contribution in [3.63, 3.8) is 0 Å². The van der Waals surface area contributed by atoms with Crippen LogP contribution in [0.5, 0.6) is 5.75 Å². The molecule has 0 aromatic carbocycles. The van der Waals surface area contributed by atoms with E-state index < -0.39 is 0 Å². The van der Waals surface area contributed by atoms with Gasteiger partial charge in [0.2, 0.25) is 5.95 Å². The third-order valence-electron chi connectivity index (χ3n) is 6.10. The molecule has 2 aliphatic rings. The molecular formula is C22H31N5O2. The summed E-state index contributed by atoms with van der Waals surface area (Å²) in [5.41, 5.74) is 2.02. The van der Waals surface area contributed by atoms with Gasteiger partial charge in [-0.1, -0.05) is 19.3 Å². The smallest absolute Gasteiger partial charge is 0.229 e. The van der Waals surface area contributed by atoms with Gasteiger partial charge in [-0.05, 0) is 44.4 Å². The van der Waals surface area contributed by atoms with Crippen molar-refractivity contribution < 1.29 is 9.84 Å². The first kappa shape index (κ1) is 19.9. The monoisotopic (exact) mass is 397 g/mol. The van der Waals surface area contributed by atoms with E-state index in [-0.39, 0.29) is 6.10 Å². The zero-order valence-corrected chi connectivity index (χ0v) is 17.1. The van der Waals surface area contributed by atoms with E-state index in [2.05, 4.69) is 20.6 Å². The predicted octanol–water partition coefficient (Wildman–Crippen LogP) is 4.39. The van der Waals surface area contributed by atoms with E-state index in [1.165, 1.54) is 37.7 Å². The Morgan fingerprint density at radius 2 is 1.79 bits per heavy atom. The topological polar surface area (TPSA) is 92.2 Å². The third-order valence-corrected chi connectivity index (χ3v) is 6.10. The predicted molar refractivity (Wildman–Crippen MR) is 114 cm³/mol. The van der Waals surface area contributed by atoms with Crippen LogP contribution in [0.2, 0.25) is 0 Å². The molecule has 2 aromatic heterocycles. The van der Waals surface area contributed by atoms with Crippen LogP contribution < -0.4 is 15.4 Å². The van der Waals surface area contributed by atoms with Gasteiger partial charge in [0, 0.05) is 23.9 Å². The lowest BCUT2D eigenvalue weighted by Gasteiger charge is -2.29. The van der Waals surface area contributed by atoms with Crippen LogP contribution in [-0.2, 0) is 0 Å². The quantitative estimate of drug-likeness (QED) is 0.666. The van der Waals surface area contributed by atoms with Gasteiger partial charge in [-0.15, -0.1) is 0 Å². The highest BCUT2D eigenvalue weighted by Crippen LogP contribution is 2.37. The van der Waals surface area contributed by atoms with Gasteiger partial charge in [0.25, 0.3) is 0 Å². The minimum Gasteiger partial charge on any atom is -0.495 e. The highest BCUT2D eigenvalue weighted by atomic mass is 16.5. The van der Waals surface area contributed by atoms with Crippen molar-refractivity contribution in [1.82, 2.24) is 15.0 Å². The van der Waals surface area contributed by atoms with Gasteiger partial charge >= 0.3 is 0 Å². The fraction of sp³-hybridized carbons (Fsp3) is 0.591. The van der Waals surface area contributed by atoms with Crippen LogP contribution >= 0.6 is 0 Å². The summed E-state index contributed by atoms with van der Waals surface area (Å²) in [6.45, 7) is 0. The normalized spacial score (nSPS) is 22.8. The number of nitrogens with zero attached hydrogens (tertiary/aromatic N) is 3. The van der Waals surface area contributed by atoms with Crippen molar-refractivity contribution in [2.75, 3.05) is 17.7 Å². The Hall–Kier alpha value is -2.41. The summed E-state index contributed by atoms with van der Waals surface area (Å²) in [6, 6.07) is 2.23. The second-order valence-corrected chi connectivity index (χ2v) is 8.22. The Balaban J connectivity index is 1.56. The fourth-order valence-electron chi connectivity index (χ4n) is 4.42. The van der Waals surface area contributed by atoms with Gasteiger partial charge in [0.15, 0.2) is 0 Å². The lowest BCUT2D eigenvalue weighted by molar-refractivity contribution is 0.126. The van der Waals surface area contributed by atoms with Gasteiger partial charge in [-0.2, -0.15) is 4.98 Å². The molecule has 4 rings (SSSR count). The minimum absolute atomic E-state index is 0.158. The number of aromatic nitrogens is 3. The van der Waals surface area contributed by atoms with Gasteiger partial charge in [0.1, 0.15) is 11.6 Å². The van der Waals surface area contributed by atoms with E-state index in [9.17, 15) is 5.11 Å². The average Bonchev–Trinajstić information content (AvgIpc) is 2.76. The average molecular weight is 398 g/mol. The van der Waals surface area contributed by atoms with Gasteiger partial charge in [0.05, 0.1) is 31.3 Å². The zero-order chi connectivity index (χ0) is 20.1. The minimum atomic E-state index is -0.158. The summed E-state index contributed by atoms with van der Waals surface area (Å²) in [5, 5.41) is 16.7. The van der Waals surface area contributed by atoms with Crippen LogP contribution in [0.25, 0.3) is 0 Å². The molecule has 0 amide bonds. The zero-order valence-electron chi connectivity index (χ0n) is 17.1. The molecule has 2 fully saturated rings. The number of rotatable bonds is 6. The largest absolute Gasteiger partial charge is 0.495 e. The molecule has 7 heteroatoms. The summed E-state index contributed by atoms with van der Waals surface area (Å²) >= 11 is 0.